The molecular weight excluding hydrogens is 352 g/mol. The third-order valence-corrected chi connectivity index (χ3v) is 3.16. The Morgan fingerprint density at radius 2 is 1.96 bits per heavy atom. The van der Waals surface area contributed by atoms with E-state index >= 15 is 0 Å². The van der Waals surface area contributed by atoms with Crippen LogP contribution in [-0.2, 0) is 9.47 Å². The van der Waals surface area contributed by atoms with Crippen molar-refractivity contribution in [2.75, 3.05) is 24.9 Å². The van der Waals surface area contributed by atoms with Crippen molar-refractivity contribution in [3.63, 3.8) is 0 Å². The first-order chi connectivity index (χ1) is 13.0. The van der Waals surface area contributed by atoms with Crippen molar-refractivity contribution in [2.24, 2.45) is 0 Å². The number of aromatic nitrogens is 3. The second-order valence-electron chi connectivity index (χ2n) is 5.53. The minimum atomic E-state index is -0.674. The maximum absolute atomic E-state index is 12.2. The highest BCUT2D eigenvalue weighted by molar-refractivity contribution is 5.98. The summed E-state index contributed by atoms with van der Waals surface area (Å²) in [4.78, 5) is 24.3. The summed E-state index contributed by atoms with van der Waals surface area (Å²) in [5.74, 6) is 0.612. The second-order valence-corrected chi connectivity index (χ2v) is 5.53. The Morgan fingerprint density at radius 3 is 2.59 bits per heavy atom. The van der Waals surface area contributed by atoms with Gasteiger partial charge in [0.05, 0.1) is 12.3 Å². The van der Waals surface area contributed by atoms with E-state index in [1.807, 2.05) is 19.9 Å². The predicted octanol–water partition coefficient (Wildman–Crippen LogP) is 2.47. The number of nitriles is 1. The summed E-state index contributed by atoms with van der Waals surface area (Å²) < 4.78 is 15.8. The van der Waals surface area contributed by atoms with Crippen molar-refractivity contribution in [3.8, 4) is 11.8 Å². The molecule has 0 aliphatic rings. The molecule has 142 valence electrons. The lowest BCUT2D eigenvalue weighted by atomic mass is 10.2. The molecule has 2 aromatic rings. The summed E-state index contributed by atoms with van der Waals surface area (Å²) in [6, 6.07) is 4.47. The van der Waals surface area contributed by atoms with Gasteiger partial charge in [-0.2, -0.15) is 5.26 Å². The van der Waals surface area contributed by atoms with Gasteiger partial charge in [0.15, 0.2) is 0 Å². The minimum absolute atomic E-state index is 0.0661. The van der Waals surface area contributed by atoms with Crippen LogP contribution in [0.1, 0.15) is 31.4 Å². The molecular formula is C17H20N6O4. The number of nitrogens with one attached hydrogen (secondary N) is 2. The topological polar surface area (TPSA) is 131 Å². The van der Waals surface area contributed by atoms with Crippen LogP contribution < -0.4 is 15.4 Å². The van der Waals surface area contributed by atoms with Crippen LogP contribution in [0.2, 0.25) is 0 Å². The standard InChI is InChI=1S/C17H20N6O4/c1-10(2)27-13-7-14(20-9-11(13)8-18)22-17(24)23-16-19-6-5-12(21-16)15(25-3)26-4/h5-7,9-10,15H,1-4H3,(H2,19,20,21,22,23,24). The van der Waals surface area contributed by atoms with E-state index in [1.165, 1.54) is 32.7 Å². The van der Waals surface area contributed by atoms with Crippen molar-refractivity contribution >= 4 is 17.8 Å². The van der Waals surface area contributed by atoms with Crippen LogP contribution in [0.5, 0.6) is 5.75 Å². The molecule has 0 aliphatic heterocycles. The van der Waals surface area contributed by atoms with E-state index in [4.69, 9.17) is 19.5 Å². The number of amides is 2. The molecule has 2 rings (SSSR count). The lowest BCUT2D eigenvalue weighted by molar-refractivity contribution is -0.108. The largest absolute Gasteiger partial charge is 0.489 e. The summed E-state index contributed by atoms with van der Waals surface area (Å²) in [7, 11) is 2.95. The Balaban J connectivity index is 2.10. The molecule has 2 heterocycles. The van der Waals surface area contributed by atoms with Gasteiger partial charge in [0, 0.05) is 26.5 Å². The van der Waals surface area contributed by atoms with Crippen molar-refractivity contribution < 1.29 is 19.0 Å². The molecule has 0 bridgehead atoms. The van der Waals surface area contributed by atoms with Crippen molar-refractivity contribution in [1.82, 2.24) is 15.0 Å². The van der Waals surface area contributed by atoms with Gasteiger partial charge < -0.3 is 14.2 Å². The number of ether oxygens (including phenoxy) is 3. The summed E-state index contributed by atoms with van der Waals surface area (Å²) >= 11 is 0. The SMILES string of the molecule is COC(OC)c1ccnc(NC(=O)Nc2cc(OC(C)C)c(C#N)cn2)n1. The number of carbonyl (C=O) groups is 1. The number of urea groups is 1. The fourth-order valence-corrected chi connectivity index (χ4v) is 2.09. The molecule has 0 aromatic carbocycles. The molecule has 27 heavy (non-hydrogen) atoms. The van der Waals surface area contributed by atoms with Crippen molar-refractivity contribution in [1.29, 1.82) is 5.26 Å². The van der Waals surface area contributed by atoms with Gasteiger partial charge in [0.2, 0.25) is 12.2 Å². The zero-order chi connectivity index (χ0) is 19.8. The van der Waals surface area contributed by atoms with Crippen LogP contribution in [0.4, 0.5) is 16.6 Å². The van der Waals surface area contributed by atoms with Crippen LogP contribution >= 0.6 is 0 Å². The predicted molar refractivity (Wildman–Crippen MR) is 96.1 cm³/mol. The number of hydrogen-bond donors (Lipinski definition) is 2. The highest BCUT2D eigenvalue weighted by Crippen LogP contribution is 2.22. The molecule has 0 aliphatic carbocycles. The number of rotatable bonds is 7. The van der Waals surface area contributed by atoms with Gasteiger partial charge in [-0.05, 0) is 19.9 Å². The number of methoxy groups -OCH3 is 2. The fourth-order valence-electron chi connectivity index (χ4n) is 2.09. The number of pyridine rings is 1. The zero-order valence-corrected chi connectivity index (χ0v) is 15.4. The van der Waals surface area contributed by atoms with Crippen molar-refractivity contribution in [2.45, 2.75) is 26.2 Å². The third kappa shape index (κ3) is 5.60. The monoisotopic (exact) mass is 372 g/mol. The lowest BCUT2D eigenvalue weighted by Gasteiger charge is -2.14. The van der Waals surface area contributed by atoms with Gasteiger partial charge in [0.25, 0.3) is 0 Å². The molecule has 10 heteroatoms. The Hall–Kier alpha value is -3.29. The average Bonchev–Trinajstić information content (AvgIpc) is 2.63. The maximum atomic E-state index is 12.2. The average molecular weight is 372 g/mol. The second kappa shape index (κ2) is 9.42. The van der Waals surface area contributed by atoms with E-state index in [0.29, 0.717) is 11.4 Å². The Morgan fingerprint density at radius 1 is 1.22 bits per heavy atom. The number of nitrogens with zero attached hydrogens (tertiary/aromatic N) is 4. The summed E-state index contributed by atoms with van der Waals surface area (Å²) in [5.41, 5.74) is 0.727. The van der Waals surface area contributed by atoms with Gasteiger partial charge in [-0.3, -0.25) is 10.6 Å². The van der Waals surface area contributed by atoms with Crippen molar-refractivity contribution in [3.05, 3.63) is 35.8 Å². The van der Waals surface area contributed by atoms with E-state index in [0.717, 1.165) is 0 Å². The lowest BCUT2D eigenvalue weighted by Crippen LogP contribution is -2.22. The van der Waals surface area contributed by atoms with Gasteiger partial charge in [-0.25, -0.2) is 19.7 Å². The third-order valence-electron chi connectivity index (χ3n) is 3.16. The molecule has 0 spiro atoms. The van der Waals surface area contributed by atoms with E-state index in [9.17, 15) is 4.79 Å². The summed E-state index contributed by atoms with van der Waals surface area (Å²) in [6.45, 7) is 3.66. The van der Waals surface area contributed by atoms with Gasteiger partial charge in [0.1, 0.15) is 28.9 Å². The Kier molecular flexibility index (Phi) is 6.99. The van der Waals surface area contributed by atoms with E-state index in [2.05, 4.69) is 25.6 Å². The zero-order valence-electron chi connectivity index (χ0n) is 15.4. The highest BCUT2D eigenvalue weighted by atomic mass is 16.7. The highest BCUT2D eigenvalue weighted by Gasteiger charge is 2.14. The van der Waals surface area contributed by atoms with E-state index in [1.54, 1.807) is 6.07 Å². The first-order valence-electron chi connectivity index (χ1n) is 8.00. The number of carbonyl (C=O) groups excluding carboxylic acids is 1. The molecule has 2 N–H and O–H groups in total. The first kappa shape index (κ1) is 20.0. The minimum Gasteiger partial charge on any atom is -0.489 e. The Bertz CT molecular complexity index is 832. The van der Waals surface area contributed by atoms with Gasteiger partial charge >= 0.3 is 6.03 Å². The maximum Gasteiger partial charge on any atom is 0.327 e. The van der Waals surface area contributed by atoms with Gasteiger partial charge in [-0.15, -0.1) is 0 Å². The summed E-state index contributed by atoms with van der Waals surface area (Å²) in [6.07, 6.45) is 1.99. The summed E-state index contributed by atoms with van der Waals surface area (Å²) in [5, 5.41) is 14.1. The molecule has 0 unspecified atom stereocenters. The van der Waals surface area contributed by atoms with Crippen LogP contribution in [0.25, 0.3) is 0 Å². The normalized spacial score (nSPS) is 10.6. The van der Waals surface area contributed by atoms with Gasteiger partial charge in [-0.1, -0.05) is 0 Å². The van der Waals surface area contributed by atoms with E-state index in [-0.39, 0.29) is 23.4 Å². The quantitative estimate of drug-likeness (QED) is 0.709. The molecule has 0 radical (unpaired) electrons. The molecule has 2 amide bonds. The number of anilines is 2. The number of hydrogen-bond acceptors (Lipinski definition) is 8. The van der Waals surface area contributed by atoms with Crippen LogP contribution in [-0.4, -0.2) is 41.3 Å². The molecule has 0 saturated heterocycles. The molecule has 2 aromatic heterocycles. The smallest absolute Gasteiger partial charge is 0.327 e. The van der Waals surface area contributed by atoms with Crippen LogP contribution in [0.3, 0.4) is 0 Å². The van der Waals surface area contributed by atoms with Crippen LogP contribution in [0, 0.1) is 11.3 Å². The molecule has 0 saturated carbocycles. The van der Waals surface area contributed by atoms with E-state index < -0.39 is 12.3 Å². The fraction of sp³-hybridized carbons (Fsp3) is 0.353. The molecule has 0 fully saturated rings. The van der Waals surface area contributed by atoms with Crippen LogP contribution in [0.15, 0.2) is 24.5 Å². The first-order valence-corrected chi connectivity index (χ1v) is 8.00. The molecule has 10 nitrogen and oxygen atoms in total. The Labute approximate surface area is 156 Å². The molecule has 0 atom stereocenters.